The van der Waals surface area contributed by atoms with Gasteiger partial charge in [0.25, 0.3) is 0 Å². The Morgan fingerprint density at radius 2 is 2.23 bits per heavy atom. The highest BCUT2D eigenvalue weighted by Crippen LogP contribution is 2.22. The first-order valence-electron chi connectivity index (χ1n) is 3.72. The number of pyridine rings is 1. The van der Waals surface area contributed by atoms with Gasteiger partial charge < -0.3 is 10.2 Å². The molecule has 0 saturated carbocycles. The van der Waals surface area contributed by atoms with Crippen LogP contribution in [0.5, 0.6) is 0 Å². The number of hydrogen-bond donors (Lipinski definition) is 1. The predicted molar refractivity (Wildman–Crippen MR) is 51.4 cm³/mol. The van der Waals surface area contributed by atoms with Gasteiger partial charge in [0.1, 0.15) is 11.5 Å². The monoisotopic (exact) mass is 194 g/mol. The molecule has 2 aromatic heterocycles. The Balaban J connectivity index is 2.53. The molecule has 0 radical (unpaired) electrons. The Morgan fingerprint density at radius 1 is 1.38 bits per heavy atom. The fourth-order valence-corrected chi connectivity index (χ4v) is 1.28. The van der Waals surface area contributed by atoms with Crippen LogP contribution < -0.4 is 5.73 Å². The summed E-state index contributed by atoms with van der Waals surface area (Å²) in [5, 5.41) is 0.555. The van der Waals surface area contributed by atoms with Crippen LogP contribution in [0.1, 0.15) is 0 Å². The van der Waals surface area contributed by atoms with Gasteiger partial charge in [0.15, 0.2) is 5.76 Å². The topological polar surface area (TPSA) is 52.0 Å². The molecule has 0 unspecified atom stereocenters. The summed E-state index contributed by atoms with van der Waals surface area (Å²) in [5.74, 6) is 1.05. The molecular formula is C9H7ClN2O. The average Bonchev–Trinajstić information content (AvgIpc) is 2.53. The van der Waals surface area contributed by atoms with E-state index in [1.54, 1.807) is 30.5 Å². The van der Waals surface area contributed by atoms with Crippen LogP contribution in [0, 0.1) is 0 Å². The average molecular weight is 195 g/mol. The Morgan fingerprint density at radius 3 is 2.85 bits per heavy atom. The lowest BCUT2D eigenvalue weighted by Crippen LogP contribution is -1.91. The van der Waals surface area contributed by atoms with Crippen molar-refractivity contribution in [2.24, 2.45) is 0 Å². The van der Waals surface area contributed by atoms with Crippen molar-refractivity contribution in [3.8, 4) is 11.5 Å². The summed E-state index contributed by atoms with van der Waals surface area (Å²) < 4.78 is 5.15. The Labute approximate surface area is 80.1 Å². The molecule has 0 spiro atoms. The summed E-state index contributed by atoms with van der Waals surface area (Å²) in [6, 6.07) is 6.89. The van der Waals surface area contributed by atoms with Crippen LogP contribution in [-0.4, -0.2) is 4.98 Å². The van der Waals surface area contributed by atoms with Gasteiger partial charge in [-0.3, -0.25) is 0 Å². The molecule has 2 aromatic rings. The van der Waals surface area contributed by atoms with Crippen molar-refractivity contribution in [3.63, 3.8) is 0 Å². The maximum absolute atomic E-state index is 5.81. The van der Waals surface area contributed by atoms with Crippen LogP contribution >= 0.6 is 11.6 Å². The molecule has 0 amide bonds. The number of halogens is 1. The third-order valence-electron chi connectivity index (χ3n) is 1.58. The van der Waals surface area contributed by atoms with Crippen LogP contribution in [-0.2, 0) is 0 Å². The minimum absolute atomic E-state index is 0.388. The van der Waals surface area contributed by atoms with Gasteiger partial charge in [0, 0.05) is 5.02 Å². The van der Waals surface area contributed by atoms with Crippen molar-refractivity contribution < 1.29 is 4.42 Å². The molecule has 4 heteroatoms. The van der Waals surface area contributed by atoms with Gasteiger partial charge >= 0.3 is 0 Å². The molecule has 0 aliphatic carbocycles. The minimum atomic E-state index is 0.388. The van der Waals surface area contributed by atoms with Crippen molar-refractivity contribution in [1.29, 1.82) is 0 Å². The molecule has 0 saturated heterocycles. The Bertz CT molecular complexity index is 391. The summed E-state index contributed by atoms with van der Waals surface area (Å²) in [5.41, 5.74) is 6.18. The van der Waals surface area contributed by atoms with Gasteiger partial charge in [-0.2, -0.15) is 0 Å². The molecular weight excluding hydrogens is 188 g/mol. The van der Waals surface area contributed by atoms with E-state index in [0.29, 0.717) is 22.3 Å². The summed E-state index contributed by atoms with van der Waals surface area (Å²) in [4.78, 5) is 4.08. The quantitative estimate of drug-likeness (QED) is 0.759. The first-order valence-corrected chi connectivity index (χ1v) is 4.10. The largest absolute Gasteiger partial charge is 0.463 e. The van der Waals surface area contributed by atoms with Crippen molar-refractivity contribution >= 4 is 17.4 Å². The number of nitrogen functional groups attached to an aromatic ring is 1. The van der Waals surface area contributed by atoms with Crippen LogP contribution in [0.4, 0.5) is 5.82 Å². The van der Waals surface area contributed by atoms with Gasteiger partial charge in [-0.05, 0) is 24.3 Å². The highest BCUT2D eigenvalue weighted by molar-refractivity contribution is 6.31. The zero-order valence-electron chi connectivity index (χ0n) is 6.70. The highest BCUT2D eigenvalue weighted by Gasteiger charge is 2.03. The number of furan rings is 1. The van der Waals surface area contributed by atoms with E-state index in [4.69, 9.17) is 21.8 Å². The van der Waals surface area contributed by atoms with E-state index in [1.165, 1.54) is 0 Å². The summed E-state index contributed by atoms with van der Waals surface area (Å²) >= 11 is 5.81. The fourth-order valence-electron chi connectivity index (χ4n) is 1.07. The van der Waals surface area contributed by atoms with Gasteiger partial charge in [-0.25, -0.2) is 4.98 Å². The molecule has 2 heterocycles. The number of nitrogens with zero attached hydrogens (tertiary/aromatic N) is 1. The molecule has 0 aromatic carbocycles. The van der Waals surface area contributed by atoms with E-state index in [9.17, 15) is 0 Å². The van der Waals surface area contributed by atoms with E-state index >= 15 is 0 Å². The van der Waals surface area contributed by atoms with Crippen LogP contribution in [0.2, 0.25) is 5.02 Å². The molecule has 2 rings (SSSR count). The molecule has 0 bridgehead atoms. The van der Waals surface area contributed by atoms with Gasteiger partial charge in [0.05, 0.1) is 6.26 Å². The van der Waals surface area contributed by atoms with Crippen molar-refractivity contribution in [2.45, 2.75) is 0 Å². The van der Waals surface area contributed by atoms with Crippen molar-refractivity contribution in [1.82, 2.24) is 4.98 Å². The van der Waals surface area contributed by atoms with E-state index in [-0.39, 0.29) is 0 Å². The second-order valence-corrected chi connectivity index (χ2v) is 3.01. The first-order chi connectivity index (χ1) is 6.25. The van der Waals surface area contributed by atoms with Crippen LogP contribution in [0.15, 0.2) is 34.9 Å². The number of aromatic nitrogens is 1. The normalized spacial score (nSPS) is 10.2. The number of hydrogen-bond acceptors (Lipinski definition) is 3. The minimum Gasteiger partial charge on any atom is -0.463 e. The van der Waals surface area contributed by atoms with Gasteiger partial charge in [0.2, 0.25) is 0 Å². The third kappa shape index (κ3) is 1.65. The number of anilines is 1. The predicted octanol–water partition coefficient (Wildman–Crippen LogP) is 2.58. The lowest BCUT2D eigenvalue weighted by Gasteiger charge is -1.98. The number of nitrogens with two attached hydrogens (primary N) is 1. The zero-order chi connectivity index (χ0) is 9.26. The molecule has 66 valence electrons. The smallest absolute Gasteiger partial charge is 0.152 e. The maximum atomic E-state index is 5.81. The van der Waals surface area contributed by atoms with E-state index in [2.05, 4.69) is 4.98 Å². The Kier molecular flexibility index (Phi) is 1.94. The second-order valence-electron chi connectivity index (χ2n) is 2.57. The van der Waals surface area contributed by atoms with E-state index in [0.717, 1.165) is 0 Å². The molecule has 0 fully saturated rings. The Hall–Kier alpha value is -1.48. The van der Waals surface area contributed by atoms with Gasteiger partial charge in [-0.1, -0.05) is 11.6 Å². The summed E-state index contributed by atoms with van der Waals surface area (Å²) in [6.45, 7) is 0. The second kappa shape index (κ2) is 3.11. The van der Waals surface area contributed by atoms with Gasteiger partial charge in [-0.15, -0.1) is 0 Å². The lowest BCUT2D eigenvalue weighted by molar-refractivity contribution is 0.580. The third-order valence-corrected chi connectivity index (χ3v) is 1.80. The SMILES string of the molecule is Nc1cc(Cl)cc(-c2ccco2)n1. The fraction of sp³-hybridized carbons (Fsp3) is 0. The first kappa shape index (κ1) is 8.13. The molecule has 0 aliphatic rings. The zero-order valence-corrected chi connectivity index (χ0v) is 7.45. The van der Waals surface area contributed by atoms with E-state index in [1.807, 2.05) is 0 Å². The molecule has 13 heavy (non-hydrogen) atoms. The number of rotatable bonds is 1. The molecule has 2 N–H and O–H groups in total. The standard InChI is InChI=1S/C9H7ClN2O/c10-6-4-7(12-9(11)5-6)8-2-1-3-13-8/h1-5H,(H2,11,12). The van der Waals surface area contributed by atoms with Crippen molar-refractivity contribution in [2.75, 3.05) is 5.73 Å². The summed E-state index contributed by atoms with van der Waals surface area (Å²) in [6.07, 6.45) is 1.58. The molecule has 3 nitrogen and oxygen atoms in total. The highest BCUT2D eigenvalue weighted by atomic mass is 35.5. The van der Waals surface area contributed by atoms with E-state index < -0.39 is 0 Å². The van der Waals surface area contributed by atoms with Crippen LogP contribution in [0.3, 0.4) is 0 Å². The summed E-state index contributed by atoms with van der Waals surface area (Å²) in [7, 11) is 0. The lowest BCUT2D eigenvalue weighted by atomic mass is 10.3. The molecule has 0 aliphatic heterocycles. The maximum Gasteiger partial charge on any atom is 0.152 e. The van der Waals surface area contributed by atoms with Crippen molar-refractivity contribution in [3.05, 3.63) is 35.6 Å². The molecule has 0 atom stereocenters. The van der Waals surface area contributed by atoms with Crippen LogP contribution in [0.25, 0.3) is 11.5 Å².